The highest BCUT2D eigenvalue weighted by molar-refractivity contribution is 9.10. The summed E-state index contributed by atoms with van der Waals surface area (Å²) < 4.78 is 2.98. The summed E-state index contributed by atoms with van der Waals surface area (Å²) in [5.74, 6) is -1.62. The van der Waals surface area contributed by atoms with E-state index in [4.69, 9.17) is 0 Å². The number of halogens is 1. The SMILES string of the molecule is Cc1cccc(C)c1-n1c(C)cc(/C=N\NC(=O)C(=O)Nc2cccc(Br)c2)c1C. The van der Waals surface area contributed by atoms with Crippen molar-refractivity contribution in [2.24, 2.45) is 5.10 Å². The lowest BCUT2D eigenvalue weighted by Gasteiger charge is -2.15. The number of benzene rings is 2. The fraction of sp³-hybridized carbons (Fsp3) is 0.174. The van der Waals surface area contributed by atoms with E-state index < -0.39 is 11.8 Å². The van der Waals surface area contributed by atoms with E-state index in [1.807, 2.05) is 32.0 Å². The van der Waals surface area contributed by atoms with Gasteiger partial charge in [-0.1, -0.05) is 40.2 Å². The molecule has 3 aromatic rings. The summed E-state index contributed by atoms with van der Waals surface area (Å²) in [4.78, 5) is 24.1. The van der Waals surface area contributed by atoms with Crippen LogP contribution in [0.15, 0.2) is 58.1 Å². The van der Waals surface area contributed by atoms with E-state index in [-0.39, 0.29) is 0 Å². The van der Waals surface area contributed by atoms with Crippen molar-refractivity contribution in [1.29, 1.82) is 0 Å². The van der Waals surface area contributed by atoms with Gasteiger partial charge in [0.1, 0.15) is 0 Å². The Bertz CT molecular complexity index is 1130. The minimum Gasteiger partial charge on any atom is -0.318 e. The predicted molar refractivity (Wildman–Crippen MR) is 123 cm³/mol. The third-order valence-corrected chi connectivity index (χ3v) is 5.29. The lowest BCUT2D eigenvalue weighted by molar-refractivity contribution is -0.136. The van der Waals surface area contributed by atoms with E-state index in [1.165, 1.54) is 11.1 Å². The zero-order valence-corrected chi connectivity index (χ0v) is 18.9. The van der Waals surface area contributed by atoms with Gasteiger partial charge in [-0.25, -0.2) is 5.43 Å². The van der Waals surface area contributed by atoms with Crippen molar-refractivity contribution in [3.05, 3.63) is 81.1 Å². The molecule has 0 unspecified atom stereocenters. The van der Waals surface area contributed by atoms with Gasteiger partial charge in [0.2, 0.25) is 0 Å². The van der Waals surface area contributed by atoms with Gasteiger partial charge in [0, 0.05) is 27.1 Å². The molecule has 3 rings (SSSR count). The number of hydrogen-bond donors (Lipinski definition) is 2. The average molecular weight is 467 g/mol. The molecule has 7 heteroatoms. The van der Waals surface area contributed by atoms with Crippen LogP contribution in [0.25, 0.3) is 5.69 Å². The predicted octanol–water partition coefficient (Wildman–Crippen LogP) is 4.56. The molecule has 154 valence electrons. The van der Waals surface area contributed by atoms with Gasteiger partial charge in [0.25, 0.3) is 0 Å². The van der Waals surface area contributed by atoms with Gasteiger partial charge in [-0.2, -0.15) is 5.10 Å². The van der Waals surface area contributed by atoms with E-state index in [0.717, 1.165) is 27.1 Å². The van der Waals surface area contributed by atoms with Crippen LogP contribution in [0, 0.1) is 27.7 Å². The van der Waals surface area contributed by atoms with Gasteiger partial charge in [-0.3, -0.25) is 9.59 Å². The molecule has 0 saturated heterocycles. The third-order valence-electron chi connectivity index (χ3n) is 4.79. The Morgan fingerprint density at radius 2 is 1.63 bits per heavy atom. The number of nitrogens with one attached hydrogen (secondary N) is 2. The topological polar surface area (TPSA) is 75.5 Å². The second kappa shape index (κ2) is 9.09. The number of anilines is 1. The number of amides is 2. The molecule has 0 aliphatic rings. The summed E-state index contributed by atoms with van der Waals surface area (Å²) in [7, 11) is 0. The van der Waals surface area contributed by atoms with Crippen LogP contribution in [0.2, 0.25) is 0 Å². The Hall–Kier alpha value is -3.19. The molecule has 2 amide bonds. The van der Waals surface area contributed by atoms with Crippen LogP contribution in [0.1, 0.15) is 28.1 Å². The van der Waals surface area contributed by atoms with Crippen LogP contribution in [-0.2, 0) is 9.59 Å². The highest BCUT2D eigenvalue weighted by Gasteiger charge is 2.15. The first-order valence-electron chi connectivity index (χ1n) is 9.43. The van der Waals surface area contributed by atoms with Crippen molar-refractivity contribution in [2.45, 2.75) is 27.7 Å². The van der Waals surface area contributed by atoms with E-state index in [2.05, 4.69) is 62.3 Å². The van der Waals surface area contributed by atoms with Gasteiger partial charge >= 0.3 is 11.8 Å². The molecule has 6 nitrogen and oxygen atoms in total. The highest BCUT2D eigenvalue weighted by atomic mass is 79.9. The van der Waals surface area contributed by atoms with Crippen molar-refractivity contribution in [1.82, 2.24) is 9.99 Å². The van der Waals surface area contributed by atoms with Crippen LogP contribution in [0.4, 0.5) is 5.69 Å². The van der Waals surface area contributed by atoms with Gasteiger partial charge < -0.3 is 9.88 Å². The first-order valence-corrected chi connectivity index (χ1v) is 10.2. The van der Waals surface area contributed by atoms with Gasteiger partial charge in [-0.05, 0) is 63.1 Å². The second-order valence-electron chi connectivity index (χ2n) is 7.07. The Morgan fingerprint density at radius 3 is 2.30 bits per heavy atom. The maximum absolute atomic E-state index is 12.0. The minimum absolute atomic E-state index is 0.519. The summed E-state index contributed by atoms with van der Waals surface area (Å²) in [5.41, 5.74) is 9.23. The Morgan fingerprint density at radius 1 is 0.967 bits per heavy atom. The fourth-order valence-corrected chi connectivity index (χ4v) is 3.79. The van der Waals surface area contributed by atoms with Crippen molar-refractivity contribution in [3.63, 3.8) is 0 Å². The molecular formula is C23H23BrN4O2. The molecule has 0 saturated carbocycles. The van der Waals surface area contributed by atoms with Crippen molar-refractivity contribution in [3.8, 4) is 5.69 Å². The lowest BCUT2D eigenvalue weighted by Crippen LogP contribution is -2.32. The average Bonchev–Trinajstić information content (AvgIpc) is 2.95. The molecule has 2 N–H and O–H groups in total. The molecule has 0 atom stereocenters. The fourth-order valence-electron chi connectivity index (χ4n) is 3.39. The van der Waals surface area contributed by atoms with Crippen LogP contribution >= 0.6 is 15.9 Å². The number of carbonyl (C=O) groups is 2. The molecule has 1 heterocycles. The van der Waals surface area contributed by atoms with Crippen LogP contribution in [0.5, 0.6) is 0 Å². The third kappa shape index (κ3) is 4.68. The normalized spacial score (nSPS) is 11.0. The van der Waals surface area contributed by atoms with Crippen LogP contribution in [0.3, 0.4) is 0 Å². The number of aryl methyl sites for hydroxylation is 3. The Kier molecular flexibility index (Phi) is 6.52. The Balaban J connectivity index is 1.72. The maximum atomic E-state index is 12.0. The number of rotatable bonds is 4. The van der Waals surface area contributed by atoms with Crippen LogP contribution in [-0.4, -0.2) is 22.6 Å². The number of aromatic nitrogens is 1. The number of carbonyl (C=O) groups excluding carboxylic acids is 2. The summed E-state index contributed by atoms with van der Waals surface area (Å²) in [6, 6.07) is 15.2. The molecule has 0 bridgehead atoms. The molecule has 0 aliphatic carbocycles. The highest BCUT2D eigenvalue weighted by Crippen LogP contribution is 2.25. The summed E-state index contributed by atoms with van der Waals surface area (Å²) in [6.07, 6.45) is 1.55. The number of hydrazone groups is 1. The zero-order valence-electron chi connectivity index (χ0n) is 17.3. The van der Waals surface area contributed by atoms with E-state index in [9.17, 15) is 9.59 Å². The van der Waals surface area contributed by atoms with Crippen LogP contribution < -0.4 is 10.7 Å². The number of hydrogen-bond acceptors (Lipinski definition) is 3. The molecule has 0 radical (unpaired) electrons. The Labute approximate surface area is 184 Å². The number of para-hydroxylation sites is 1. The maximum Gasteiger partial charge on any atom is 0.329 e. The van der Waals surface area contributed by atoms with E-state index in [0.29, 0.717) is 5.69 Å². The van der Waals surface area contributed by atoms with E-state index in [1.54, 1.807) is 24.4 Å². The summed E-state index contributed by atoms with van der Waals surface area (Å²) in [6.45, 7) is 8.19. The molecule has 0 fully saturated rings. The van der Waals surface area contributed by atoms with Gasteiger partial charge in [-0.15, -0.1) is 0 Å². The molecular weight excluding hydrogens is 444 g/mol. The summed E-state index contributed by atoms with van der Waals surface area (Å²) >= 11 is 3.32. The molecule has 2 aromatic carbocycles. The lowest BCUT2D eigenvalue weighted by atomic mass is 10.1. The van der Waals surface area contributed by atoms with Crippen molar-refractivity contribution in [2.75, 3.05) is 5.32 Å². The molecule has 0 aliphatic heterocycles. The zero-order chi connectivity index (χ0) is 21.8. The molecule has 0 spiro atoms. The quantitative estimate of drug-likeness (QED) is 0.335. The van der Waals surface area contributed by atoms with Gasteiger partial charge in [0.15, 0.2) is 0 Å². The van der Waals surface area contributed by atoms with Crippen molar-refractivity contribution < 1.29 is 9.59 Å². The first-order chi connectivity index (χ1) is 14.3. The van der Waals surface area contributed by atoms with Crippen molar-refractivity contribution >= 4 is 39.6 Å². The number of nitrogens with zero attached hydrogens (tertiary/aromatic N) is 2. The van der Waals surface area contributed by atoms with E-state index >= 15 is 0 Å². The second-order valence-corrected chi connectivity index (χ2v) is 7.98. The minimum atomic E-state index is -0.838. The largest absolute Gasteiger partial charge is 0.329 e. The standard InChI is InChI=1S/C23H23BrN4O2/c1-14-7-5-8-15(2)21(14)28-16(3)11-18(17(28)4)13-25-27-23(30)22(29)26-20-10-6-9-19(24)12-20/h5-13H,1-4H3,(H,26,29)(H,27,30)/b25-13-. The first kappa shape index (κ1) is 21.5. The molecule has 30 heavy (non-hydrogen) atoms. The monoisotopic (exact) mass is 466 g/mol. The van der Waals surface area contributed by atoms with Gasteiger partial charge in [0.05, 0.1) is 11.9 Å². The smallest absolute Gasteiger partial charge is 0.318 e. The molecule has 1 aromatic heterocycles. The summed E-state index contributed by atoms with van der Waals surface area (Å²) in [5, 5.41) is 6.50.